The van der Waals surface area contributed by atoms with Gasteiger partial charge in [0.25, 0.3) is 0 Å². The van der Waals surface area contributed by atoms with Gasteiger partial charge >= 0.3 is 0 Å². The van der Waals surface area contributed by atoms with E-state index in [2.05, 4.69) is 48.4 Å². The predicted octanol–water partition coefficient (Wildman–Crippen LogP) is 2.21. The van der Waals surface area contributed by atoms with Crippen molar-refractivity contribution in [1.82, 2.24) is 15.2 Å². The summed E-state index contributed by atoms with van der Waals surface area (Å²) in [5.41, 5.74) is 3.32. The summed E-state index contributed by atoms with van der Waals surface area (Å²) in [6.07, 6.45) is 0. The van der Waals surface area contributed by atoms with Crippen molar-refractivity contribution in [3.05, 3.63) is 16.6 Å². The molecular formula is C12H23N3S. The van der Waals surface area contributed by atoms with Gasteiger partial charge in [-0.15, -0.1) is 11.3 Å². The van der Waals surface area contributed by atoms with Crippen LogP contribution in [-0.4, -0.2) is 36.6 Å². The van der Waals surface area contributed by atoms with E-state index < -0.39 is 0 Å². The Labute approximate surface area is 103 Å². The molecule has 0 bridgehead atoms. The van der Waals surface area contributed by atoms with Gasteiger partial charge in [-0.1, -0.05) is 13.8 Å². The molecule has 1 heterocycles. The number of hydrogen-bond donors (Lipinski definition) is 1. The average Bonchev–Trinajstić information content (AvgIpc) is 2.67. The highest BCUT2D eigenvalue weighted by Gasteiger charge is 2.26. The van der Waals surface area contributed by atoms with Crippen LogP contribution in [0.4, 0.5) is 0 Å². The van der Waals surface area contributed by atoms with E-state index >= 15 is 0 Å². The smallest absolute Gasteiger partial charge is 0.0795 e. The molecule has 1 atom stereocenters. The molecule has 0 fully saturated rings. The minimum atomic E-state index is 0.263. The van der Waals surface area contributed by atoms with Gasteiger partial charge in [-0.25, -0.2) is 4.98 Å². The van der Waals surface area contributed by atoms with Crippen molar-refractivity contribution in [2.75, 3.05) is 20.6 Å². The highest BCUT2D eigenvalue weighted by molar-refractivity contribution is 7.07. The van der Waals surface area contributed by atoms with Crippen LogP contribution in [0.5, 0.6) is 0 Å². The molecule has 16 heavy (non-hydrogen) atoms. The zero-order valence-electron chi connectivity index (χ0n) is 10.9. The summed E-state index contributed by atoms with van der Waals surface area (Å²) < 4.78 is 0. The van der Waals surface area contributed by atoms with Crippen molar-refractivity contribution >= 4 is 11.3 Å². The van der Waals surface area contributed by atoms with Crippen LogP contribution in [0.15, 0.2) is 10.9 Å². The van der Waals surface area contributed by atoms with E-state index in [4.69, 9.17) is 0 Å². The van der Waals surface area contributed by atoms with Crippen molar-refractivity contribution < 1.29 is 0 Å². The molecule has 0 spiro atoms. The van der Waals surface area contributed by atoms with Crippen LogP contribution >= 0.6 is 11.3 Å². The summed E-state index contributed by atoms with van der Waals surface area (Å²) >= 11 is 1.66. The first-order chi connectivity index (χ1) is 7.45. The summed E-state index contributed by atoms with van der Waals surface area (Å²) in [7, 11) is 4.18. The molecule has 92 valence electrons. The highest BCUT2D eigenvalue weighted by atomic mass is 32.1. The molecule has 0 aliphatic heterocycles. The largest absolute Gasteiger partial charge is 0.317 e. The molecule has 0 aliphatic carbocycles. The van der Waals surface area contributed by atoms with Crippen LogP contribution < -0.4 is 5.32 Å². The molecule has 0 amide bonds. The van der Waals surface area contributed by atoms with Crippen LogP contribution in [0.2, 0.25) is 0 Å². The van der Waals surface area contributed by atoms with Crippen molar-refractivity contribution in [3.63, 3.8) is 0 Å². The van der Waals surface area contributed by atoms with Gasteiger partial charge in [-0.2, -0.15) is 0 Å². The van der Waals surface area contributed by atoms with Gasteiger partial charge in [0.2, 0.25) is 0 Å². The highest BCUT2D eigenvalue weighted by Crippen LogP contribution is 2.22. The molecule has 0 radical (unpaired) electrons. The lowest BCUT2D eigenvalue weighted by Crippen LogP contribution is -2.44. The maximum absolute atomic E-state index is 4.31. The van der Waals surface area contributed by atoms with Gasteiger partial charge in [0.15, 0.2) is 0 Å². The molecule has 0 aliphatic rings. The van der Waals surface area contributed by atoms with Crippen LogP contribution in [0, 0.1) is 5.41 Å². The Morgan fingerprint density at radius 2 is 2.25 bits per heavy atom. The first kappa shape index (κ1) is 13.6. The number of thiazole rings is 1. The molecule has 1 aromatic heterocycles. The van der Waals surface area contributed by atoms with Gasteiger partial charge in [0, 0.05) is 24.5 Å². The monoisotopic (exact) mass is 241 g/mol. The lowest BCUT2D eigenvalue weighted by Gasteiger charge is -2.35. The fourth-order valence-corrected chi connectivity index (χ4v) is 2.42. The molecule has 4 heteroatoms. The Balaban J connectivity index is 2.47. The lowest BCUT2D eigenvalue weighted by molar-refractivity contribution is 0.163. The topological polar surface area (TPSA) is 28.2 Å². The summed E-state index contributed by atoms with van der Waals surface area (Å²) in [6.45, 7) is 8.82. The standard InChI is InChI=1S/C12H23N3S/c1-10(13-4)12(2,3)8-15(5)6-11-7-16-9-14-11/h7,9-10,13H,6,8H2,1-5H3. The molecule has 1 N–H and O–H groups in total. The van der Waals surface area contributed by atoms with E-state index in [9.17, 15) is 0 Å². The molecule has 0 saturated carbocycles. The third kappa shape index (κ3) is 3.85. The predicted molar refractivity (Wildman–Crippen MR) is 70.8 cm³/mol. The first-order valence-corrected chi connectivity index (χ1v) is 6.63. The summed E-state index contributed by atoms with van der Waals surface area (Å²) in [5.74, 6) is 0. The first-order valence-electron chi connectivity index (χ1n) is 5.68. The van der Waals surface area contributed by atoms with Crippen molar-refractivity contribution in [3.8, 4) is 0 Å². The van der Waals surface area contributed by atoms with Gasteiger partial charge in [0.05, 0.1) is 11.2 Å². The third-order valence-electron chi connectivity index (χ3n) is 3.20. The van der Waals surface area contributed by atoms with Crippen LogP contribution in [-0.2, 0) is 6.54 Å². The molecule has 0 aromatic carbocycles. The van der Waals surface area contributed by atoms with Crippen LogP contribution in [0.25, 0.3) is 0 Å². The van der Waals surface area contributed by atoms with Crippen molar-refractivity contribution in [1.29, 1.82) is 0 Å². The Morgan fingerprint density at radius 3 is 2.75 bits per heavy atom. The second kappa shape index (κ2) is 5.75. The summed E-state index contributed by atoms with van der Waals surface area (Å²) in [4.78, 5) is 6.65. The third-order valence-corrected chi connectivity index (χ3v) is 3.83. The van der Waals surface area contributed by atoms with E-state index in [0.29, 0.717) is 6.04 Å². The van der Waals surface area contributed by atoms with E-state index in [1.807, 2.05) is 12.6 Å². The van der Waals surface area contributed by atoms with E-state index in [1.54, 1.807) is 11.3 Å². The molecule has 1 rings (SSSR count). The lowest BCUT2D eigenvalue weighted by atomic mass is 9.85. The zero-order chi connectivity index (χ0) is 12.2. The van der Waals surface area contributed by atoms with Gasteiger partial charge in [0.1, 0.15) is 0 Å². The minimum absolute atomic E-state index is 0.263. The zero-order valence-corrected chi connectivity index (χ0v) is 11.8. The normalized spacial score (nSPS) is 14.4. The minimum Gasteiger partial charge on any atom is -0.317 e. The molecule has 3 nitrogen and oxygen atoms in total. The van der Waals surface area contributed by atoms with Crippen molar-refractivity contribution in [2.24, 2.45) is 5.41 Å². The van der Waals surface area contributed by atoms with E-state index in [1.165, 1.54) is 5.69 Å². The Morgan fingerprint density at radius 1 is 1.56 bits per heavy atom. The van der Waals surface area contributed by atoms with Gasteiger partial charge in [-0.3, -0.25) is 4.90 Å². The van der Waals surface area contributed by atoms with E-state index in [0.717, 1.165) is 13.1 Å². The number of aromatic nitrogens is 1. The second-order valence-corrected chi connectivity index (χ2v) is 5.87. The van der Waals surface area contributed by atoms with Gasteiger partial charge in [-0.05, 0) is 26.4 Å². The van der Waals surface area contributed by atoms with E-state index in [-0.39, 0.29) is 5.41 Å². The second-order valence-electron chi connectivity index (χ2n) is 5.15. The van der Waals surface area contributed by atoms with Crippen molar-refractivity contribution in [2.45, 2.75) is 33.4 Å². The van der Waals surface area contributed by atoms with Crippen LogP contribution in [0.3, 0.4) is 0 Å². The number of hydrogen-bond acceptors (Lipinski definition) is 4. The Hall–Kier alpha value is -0.450. The average molecular weight is 241 g/mol. The molecule has 1 aromatic rings. The Bertz CT molecular complexity index is 295. The number of nitrogens with one attached hydrogen (secondary N) is 1. The van der Waals surface area contributed by atoms with Crippen LogP contribution in [0.1, 0.15) is 26.5 Å². The summed E-state index contributed by atoms with van der Waals surface area (Å²) in [5, 5.41) is 5.45. The quantitative estimate of drug-likeness (QED) is 0.827. The molecule has 0 saturated heterocycles. The SMILES string of the molecule is CNC(C)C(C)(C)CN(C)Cc1cscn1. The molecular weight excluding hydrogens is 218 g/mol. The fourth-order valence-electron chi connectivity index (χ4n) is 1.87. The summed E-state index contributed by atoms with van der Waals surface area (Å²) in [6, 6.07) is 0.505. The Kier molecular flexibility index (Phi) is 4.89. The number of rotatable bonds is 6. The molecule has 1 unspecified atom stereocenters. The fraction of sp³-hybridized carbons (Fsp3) is 0.750. The van der Waals surface area contributed by atoms with Gasteiger partial charge < -0.3 is 5.32 Å². The number of nitrogens with zero attached hydrogens (tertiary/aromatic N) is 2. The maximum atomic E-state index is 4.31. The maximum Gasteiger partial charge on any atom is 0.0795 e.